The van der Waals surface area contributed by atoms with Gasteiger partial charge in [-0.25, -0.2) is 9.97 Å². The molecular formula is C18H22N4O3. The van der Waals surface area contributed by atoms with Gasteiger partial charge in [-0.2, -0.15) is 0 Å². The van der Waals surface area contributed by atoms with Crippen molar-refractivity contribution in [2.45, 2.75) is 6.92 Å². The number of hydrogen-bond acceptors (Lipinski definition) is 6. The third-order valence-corrected chi connectivity index (χ3v) is 4.29. The molecule has 0 saturated heterocycles. The molecule has 0 saturated carbocycles. The molecular weight excluding hydrogens is 320 g/mol. The van der Waals surface area contributed by atoms with Crippen LogP contribution in [0.4, 0.5) is 11.4 Å². The summed E-state index contributed by atoms with van der Waals surface area (Å²) in [6.07, 6.45) is 1.32. The van der Waals surface area contributed by atoms with E-state index in [2.05, 4.69) is 21.8 Å². The molecule has 0 fully saturated rings. The van der Waals surface area contributed by atoms with E-state index >= 15 is 0 Å². The highest BCUT2D eigenvalue weighted by Gasteiger charge is 2.31. The van der Waals surface area contributed by atoms with Crippen molar-refractivity contribution in [3.05, 3.63) is 36.2 Å². The lowest BCUT2D eigenvalue weighted by molar-refractivity contribution is 0.0976. The Morgan fingerprint density at radius 1 is 1.08 bits per heavy atom. The molecule has 0 bridgehead atoms. The lowest BCUT2D eigenvalue weighted by Gasteiger charge is -2.25. The SMILES string of the molecule is COc1ncnc(OC)c1C(=O)N1CC(C)CN(C)c2ccccc21. The van der Waals surface area contributed by atoms with Crippen molar-refractivity contribution < 1.29 is 14.3 Å². The predicted octanol–water partition coefficient (Wildman–Crippen LogP) is 2.23. The fraction of sp³-hybridized carbons (Fsp3) is 0.389. The summed E-state index contributed by atoms with van der Waals surface area (Å²) in [7, 11) is 4.99. The molecule has 2 aromatic rings. The van der Waals surface area contributed by atoms with Crippen LogP contribution in [-0.4, -0.2) is 50.2 Å². The van der Waals surface area contributed by atoms with E-state index < -0.39 is 0 Å². The zero-order valence-electron chi connectivity index (χ0n) is 14.9. The number of nitrogens with zero attached hydrogens (tertiary/aromatic N) is 4. The van der Waals surface area contributed by atoms with Crippen LogP contribution in [0, 0.1) is 5.92 Å². The fourth-order valence-corrected chi connectivity index (χ4v) is 3.22. The molecule has 3 rings (SSSR count). The number of anilines is 2. The highest BCUT2D eigenvalue weighted by atomic mass is 16.5. The minimum atomic E-state index is -0.233. The predicted molar refractivity (Wildman–Crippen MR) is 95.7 cm³/mol. The van der Waals surface area contributed by atoms with Crippen LogP contribution in [0.3, 0.4) is 0 Å². The van der Waals surface area contributed by atoms with Crippen LogP contribution in [-0.2, 0) is 0 Å². The normalized spacial score (nSPS) is 16.9. The van der Waals surface area contributed by atoms with E-state index in [0.717, 1.165) is 17.9 Å². The highest BCUT2D eigenvalue weighted by molar-refractivity contribution is 6.10. The summed E-state index contributed by atoms with van der Waals surface area (Å²) in [5, 5.41) is 0. The molecule has 1 amide bonds. The Morgan fingerprint density at radius 2 is 1.68 bits per heavy atom. The zero-order valence-corrected chi connectivity index (χ0v) is 14.9. The first kappa shape index (κ1) is 17.0. The van der Waals surface area contributed by atoms with E-state index in [1.54, 1.807) is 4.90 Å². The Kier molecular flexibility index (Phi) is 4.74. The quantitative estimate of drug-likeness (QED) is 0.852. The van der Waals surface area contributed by atoms with Gasteiger partial charge < -0.3 is 19.3 Å². The minimum absolute atomic E-state index is 0.208. The van der Waals surface area contributed by atoms with Crippen LogP contribution in [0.5, 0.6) is 11.8 Å². The van der Waals surface area contributed by atoms with Crippen LogP contribution in [0.15, 0.2) is 30.6 Å². The van der Waals surface area contributed by atoms with Gasteiger partial charge in [-0.05, 0) is 18.1 Å². The van der Waals surface area contributed by atoms with Crippen LogP contribution >= 0.6 is 0 Å². The van der Waals surface area contributed by atoms with Crippen molar-refractivity contribution in [2.24, 2.45) is 5.92 Å². The monoisotopic (exact) mass is 342 g/mol. The third-order valence-electron chi connectivity index (χ3n) is 4.29. The summed E-state index contributed by atoms with van der Waals surface area (Å²) in [4.78, 5) is 25.4. The second kappa shape index (κ2) is 6.96. The molecule has 0 N–H and O–H groups in total. The summed E-state index contributed by atoms with van der Waals surface area (Å²) < 4.78 is 10.6. The first-order chi connectivity index (χ1) is 12.1. The van der Waals surface area contributed by atoms with E-state index in [0.29, 0.717) is 12.5 Å². The van der Waals surface area contributed by atoms with Crippen LogP contribution < -0.4 is 19.3 Å². The molecule has 25 heavy (non-hydrogen) atoms. The number of benzene rings is 1. The lowest BCUT2D eigenvalue weighted by atomic mass is 10.1. The summed E-state index contributed by atoms with van der Waals surface area (Å²) in [5.41, 5.74) is 2.10. The molecule has 2 heterocycles. The van der Waals surface area contributed by atoms with E-state index in [4.69, 9.17) is 9.47 Å². The molecule has 0 spiro atoms. The average molecular weight is 342 g/mol. The van der Waals surface area contributed by atoms with Gasteiger partial charge in [-0.15, -0.1) is 0 Å². The maximum absolute atomic E-state index is 13.4. The van der Waals surface area contributed by atoms with E-state index in [1.807, 2.05) is 31.3 Å². The largest absolute Gasteiger partial charge is 0.480 e. The Balaban J connectivity index is 2.12. The third kappa shape index (κ3) is 3.09. The van der Waals surface area contributed by atoms with Crippen LogP contribution in [0.1, 0.15) is 17.3 Å². The van der Waals surface area contributed by atoms with Crippen LogP contribution in [0.25, 0.3) is 0 Å². The summed E-state index contributed by atoms with van der Waals surface area (Å²) in [5.74, 6) is 0.478. The molecule has 132 valence electrons. The zero-order chi connectivity index (χ0) is 18.0. The van der Waals surface area contributed by atoms with E-state index in [-0.39, 0.29) is 23.2 Å². The maximum atomic E-state index is 13.4. The van der Waals surface area contributed by atoms with Gasteiger partial charge in [0.2, 0.25) is 11.8 Å². The van der Waals surface area contributed by atoms with Gasteiger partial charge >= 0.3 is 0 Å². The van der Waals surface area contributed by atoms with Gasteiger partial charge in [-0.3, -0.25) is 4.79 Å². The van der Waals surface area contributed by atoms with Crippen LogP contribution in [0.2, 0.25) is 0 Å². The highest BCUT2D eigenvalue weighted by Crippen LogP contribution is 2.35. The molecule has 7 heteroatoms. The number of carbonyl (C=O) groups excluding carboxylic acids is 1. The molecule has 1 aliphatic rings. The first-order valence-corrected chi connectivity index (χ1v) is 8.11. The van der Waals surface area contributed by atoms with Gasteiger partial charge in [0.15, 0.2) is 5.56 Å². The van der Waals surface area contributed by atoms with E-state index in [9.17, 15) is 4.79 Å². The molecule has 1 aromatic heterocycles. The number of hydrogen-bond donors (Lipinski definition) is 0. The second-order valence-electron chi connectivity index (χ2n) is 6.16. The van der Waals surface area contributed by atoms with Gasteiger partial charge in [0.05, 0.1) is 25.6 Å². The number of rotatable bonds is 3. The van der Waals surface area contributed by atoms with Crippen molar-refractivity contribution in [2.75, 3.05) is 44.2 Å². The lowest BCUT2D eigenvalue weighted by Crippen LogP contribution is -2.35. The van der Waals surface area contributed by atoms with E-state index in [1.165, 1.54) is 20.5 Å². The number of methoxy groups -OCH3 is 2. The average Bonchev–Trinajstić information content (AvgIpc) is 2.76. The first-order valence-electron chi connectivity index (χ1n) is 8.11. The maximum Gasteiger partial charge on any atom is 0.269 e. The molecule has 1 aromatic carbocycles. The Morgan fingerprint density at radius 3 is 2.28 bits per heavy atom. The Labute approximate surface area is 147 Å². The molecule has 1 atom stereocenters. The van der Waals surface area contributed by atoms with Gasteiger partial charge in [0.25, 0.3) is 5.91 Å². The smallest absolute Gasteiger partial charge is 0.269 e. The van der Waals surface area contributed by atoms with Crippen molar-refractivity contribution in [1.82, 2.24) is 9.97 Å². The number of amides is 1. The summed E-state index contributed by atoms with van der Waals surface area (Å²) in [6, 6.07) is 7.87. The van der Waals surface area contributed by atoms with Crippen molar-refractivity contribution in [3.63, 3.8) is 0 Å². The molecule has 0 radical (unpaired) electrons. The fourth-order valence-electron chi connectivity index (χ4n) is 3.22. The van der Waals surface area contributed by atoms with Crippen molar-refractivity contribution in [1.29, 1.82) is 0 Å². The Hall–Kier alpha value is -2.83. The number of carbonyl (C=O) groups is 1. The second-order valence-corrected chi connectivity index (χ2v) is 6.16. The molecule has 1 aliphatic heterocycles. The summed E-state index contributed by atoms with van der Waals surface area (Å²) >= 11 is 0. The van der Waals surface area contributed by atoms with Crippen molar-refractivity contribution in [3.8, 4) is 11.8 Å². The number of fused-ring (bicyclic) bond motifs is 1. The number of ether oxygens (including phenoxy) is 2. The van der Waals surface area contributed by atoms with Gasteiger partial charge in [0, 0.05) is 20.1 Å². The molecule has 7 nitrogen and oxygen atoms in total. The molecule has 1 unspecified atom stereocenters. The molecule has 0 aliphatic carbocycles. The minimum Gasteiger partial charge on any atom is -0.480 e. The number of para-hydroxylation sites is 2. The topological polar surface area (TPSA) is 67.8 Å². The standard InChI is InChI=1S/C18H22N4O3/c1-12-9-21(2)13-7-5-6-8-14(13)22(10-12)18(23)15-16(24-3)19-11-20-17(15)25-4/h5-8,11-12H,9-10H2,1-4H3. The van der Waals surface area contributed by atoms with Crippen molar-refractivity contribution >= 4 is 17.3 Å². The van der Waals surface area contributed by atoms with Gasteiger partial charge in [-0.1, -0.05) is 19.1 Å². The summed E-state index contributed by atoms with van der Waals surface area (Å²) in [6.45, 7) is 3.57. The Bertz CT molecular complexity index is 758. The number of aromatic nitrogens is 2. The van der Waals surface area contributed by atoms with Gasteiger partial charge in [0.1, 0.15) is 6.33 Å².